The van der Waals surface area contributed by atoms with Crippen LogP contribution in [0.4, 0.5) is 0 Å². The van der Waals surface area contributed by atoms with Gasteiger partial charge in [0.05, 0.1) is 6.10 Å². The molecular formula is C23H31NO. The summed E-state index contributed by atoms with van der Waals surface area (Å²) in [6.45, 7) is 9.41. The molecule has 134 valence electrons. The molecule has 1 saturated carbocycles. The van der Waals surface area contributed by atoms with Gasteiger partial charge in [-0.3, -0.25) is 0 Å². The van der Waals surface area contributed by atoms with Crippen molar-refractivity contribution in [2.24, 2.45) is 22.7 Å². The average molecular weight is 338 g/mol. The van der Waals surface area contributed by atoms with Crippen molar-refractivity contribution in [2.75, 3.05) is 0 Å². The predicted molar refractivity (Wildman–Crippen MR) is 104 cm³/mol. The highest BCUT2D eigenvalue weighted by Gasteiger charge is 2.50. The monoisotopic (exact) mass is 337 g/mol. The molecule has 1 fully saturated rings. The summed E-state index contributed by atoms with van der Waals surface area (Å²) in [5, 5.41) is 11.9. The summed E-state index contributed by atoms with van der Waals surface area (Å²) in [4.78, 5) is 3.45. The Morgan fingerprint density at radius 1 is 1.16 bits per heavy atom. The number of aliphatic hydroxyl groups is 1. The van der Waals surface area contributed by atoms with E-state index in [1.807, 2.05) is 0 Å². The van der Waals surface area contributed by atoms with Crippen molar-refractivity contribution in [1.29, 1.82) is 0 Å². The molecule has 0 spiro atoms. The third-order valence-electron chi connectivity index (χ3n) is 7.56. The number of hydrogen-bond donors (Lipinski definition) is 2. The van der Waals surface area contributed by atoms with Gasteiger partial charge in [-0.15, -0.1) is 0 Å². The molecule has 2 nitrogen and oxygen atoms in total. The van der Waals surface area contributed by atoms with E-state index in [0.29, 0.717) is 11.8 Å². The average Bonchev–Trinajstić information content (AvgIpc) is 2.98. The smallest absolute Gasteiger partial charge is 0.0631 e. The van der Waals surface area contributed by atoms with Gasteiger partial charge in [-0.05, 0) is 60.0 Å². The minimum absolute atomic E-state index is 0.0221. The van der Waals surface area contributed by atoms with Crippen molar-refractivity contribution in [1.82, 2.24) is 4.98 Å². The zero-order valence-corrected chi connectivity index (χ0v) is 16.0. The Morgan fingerprint density at radius 2 is 1.92 bits per heavy atom. The Labute approximate surface area is 151 Å². The maximum absolute atomic E-state index is 10.6. The molecule has 0 bridgehead atoms. The minimum atomic E-state index is -0.216. The number of fused-ring (bicyclic) bond motifs is 2. The fourth-order valence-electron chi connectivity index (χ4n) is 5.45. The van der Waals surface area contributed by atoms with Gasteiger partial charge in [0, 0.05) is 17.1 Å². The second-order valence-electron chi connectivity index (χ2n) is 9.22. The first-order valence-corrected chi connectivity index (χ1v) is 9.77. The fourth-order valence-corrected chi connectivity index (χ4v) is 5.45. The summed E-state index contributed by atoms with van der Waals surface area (Å²) < 4.78 is 0. The lowest BCUT2D eigenvalue weighted by Crippen LogP contribution is -2.48. The Hall–Kier alpha value is -1.54. The maximum atomic E-state index is 10.6. The summed E-state index contributed by atoms with van der Waals surface area (Å²) in [6.07, 6.45) is 8.70. The third kappa shape index (κ3) is 2.49. The highest BCUT2D eigenvalue weighted by molar-refractivity contribution is 5.83. The van der Waals surface area contributed by atoms with Crippen LogP contribution in [0.5, 0.6) is 0 Å². The first kappa shape index (κ1) is 16.9. The van der Waals surface area contributed by atoms with Crippen LogP contribution in [0, 0.1) is 22.7 Å². The highest BCUT2D eigenvalue weighted by atomic mass is 16.3. The number of para-hydroxylation sites is 1. The summed E-state index contributed by atoms with van der Waals surface area (Å²) in [6, 6.07) is 8.62. The van der Waals surface area contributed by atoms with Gasteiger partial charge in [0.25, 0.3) is 0 Å². The largest absolute Gasteiger partial charge is 0.392 e. The number of aromatic nitrogens is 1. The van der Waals surface area contributed by atoms with Crippen molar-refractivity contribution in [3.63, 3.8) is 0 Å². The summed E-state index contributed by atoms with van der Waals surface area (Å²) in [5.41, 5.74) is 4.41. The molecule has 1 heterocycles. The third-order valence-corrected chi connectivity index (χ3v) is 7.56. The van der Waals surface area contributed by atoms with Crippen molar-refractivity contribution < 1.29 is 5.11 Å². The van der Waals surface area contributed by atoms with Crippen molar-refractivity contribution in [3.05, 3.63) is 47.7 Å². The van der Waals surface area contributed by atoms with E-state index >= 15 is 0 Å². The molecule has 0 aliphatic heterocycles. The standard InChI is InChI=1S/C23H31NO/c1-15-9-10-18-19(11-12-21(25)22(18,2)3)23(15,4)13-16-14-24-20-8-6-5-7-17(16)20/h5-8,11,14-15,18,21,24-25H,9-10,12-13H2,1-4H3/t15-,18+,21+,23+/m1/s1. The van der Waals surface area contributed by atoms with Crippen LogP contribution in [-0.4, -0.2) is 16.2 Å². The van der Waals surface area contributed by atoms with E-state index in [9.17, 15) is 5.11 Å². The van der Waals surface area contributed by atoms with Crippen molar-refractivity contribution in [3.8, 4) is 0 Å². The number of H-pyrrole nitrogens is 1. The van der Waals surface area contributed by atoms with Gasteiger partial charge in [-0.2, -0.15) is 0 Å². The molecule has 25 heavy (non-hydrogen) atoms. The molecule has 0 amide bonds. The van der Waals surface area contributed by atoms with Crippen LogP contribution >= 0.6 is 0 Å². The Balaban J connectivity index is 1.76. The molecule has 0 radical (unpaired) electrons. The number of hydrogen-bond acceptors (Lipinski definition) is 1. The number of aliphatic hydroxyl groups excluding tert-OH is 1. The van der Waals surface area contributed by atoms with E-state index in [-0.39, 0.29) is 16.9 Å². The van der Waals surface area contributed by atoms with Gasteiger partial charge in [0.1, 0.15) is 0 Å². The normalized spacial score (nSPS) is 34.6. The fraction of sp³-hybridized carbons (Fsp3) is 0.565. The van der Waals surface area contributed by atoms with Crippen LogP contribution in [0.1, 0.15) is 52.5 Å². The molecule has 2 N–H and O–H groups in total. The van der Waals surface area contributed by atoms with E-state index in [1.54, 1.807) is 5.57 Å². The lowest BCUT2D eigenvalue weighted by Gasteiger charge is -2.54. The first-order chi connectivity index (χ1) is 11.8. The summed E-state index contributed by atoms with van der Waals surface area (Å²) in [7, 11) is 0. The van der Waals surface area contributed by atoms with E-state index in [0.717, 1.165) is 12.8 Å². The van der Waals surface area contributed by atoms with Gasteiger partial charge in [-0.25, -0.2) is 0 Å². The lowest BCUT2D eigenvalue weighted by atomic mass is 9.51. The van der Waals surface area contributed by atoms with Crippen LogP contribution in [0.2, 0.25) is 0 Å². The van der Waals surface area contributed by atoms with Gasteiger partial charge >= 0.3 is 0 Å². The molecule has 4 atom stereocenters. The molecular weight excluding hydrogens is 306 g/mol. The molecule has 0 unspecified atom stereocenters. The van der Waals surface area contributed by atoms with Crippen molar-refractivity contribution in [2.45, 2.75) is 59.5 Å². The summed E-state index contributed by atoms with van der Waals surface area (Å²) in [5.74, 6) is 1.16. The molecule has 2 aromatic rings. The minimum Gasteiger partial charge on any atom is -0.392 e. The van der Waals surface area contributed by atoms with Crippen LogP contribution in [-0.2, 0) is 6.42 Å². The SMILES string of the molecule is C[C@@H]1CC[C@H]2C(=CC[C@H](O)C2(C)C)[C@@]1(C)Cc1c[nH]c2ccccc12. The molecule has 2 heteroatoms. The molecule has 4 rings (SSSR count). The van der Waals surface area contributed by atoms with E-state index in [4.69, 9.17) is 0 Å². The van der Waals surface area contributed by atoms with Crippen molar-refractivity contribution >= 4 is 10.9 Å². The topological polar surface area (TPSA) is 36.0 Å². The molecule has 1 aromatic carbocycles. The number of benzene rings is 1. The Kier molecular flexibility index (Phi) is 3.88. The maximum Gasteiger partial charge on any atom is 0.0631 e. The predicted octanol–water partition coefficient (Wildman–Crippen LogP) is 5.48. The van der Waals surface area contributed by atoms with Gasteiger partial charge in [-0.1, -0.05) is 57.5 Å². The molecule has 2 aliphatic rings. The quantitative estimate of drug-likeness (QED) is 0.699. The van der Waals surface area contributed by atoms with Crippen LogP contribution < -0.4 is 0 Å². The second-order valence-corrected chi connectivity index (χ2v) is 9.22. The molecule has 2 aliphatic carbocycles. The zero-order chi connectivity index (χ0) is 17.8. The lowest BCUT2D eigenvalue weighted by molar-refractivity contribution is -0.0190. The Bertz CT molecular complexity index is 814. The Morgan fingerprint density at radius 3 is 2.72 bits per heavy atom. The van der Waals surface area contributed by atoms with E-state index < -0.39 is 0 Å². The summed E-state index contributed by atoms with van der Waals surface area (Å²) >= 11 is 0. The van der Waals surface area contributed by atoms with E-state index in [1.165, 1.54) is 29.3 Å². The van der Waals surface area contributed by atoms with Gasteiger partial charge in [0.2, 0.25) is 0 Å². The van der Waals surface area contributed by atoms with Crippen LogP contribution in [0.15, 0.2) is 42.1 Å². The highest BCUT2D eigenvalue weighted by Crippen LogP contribution is 2.57. The van der Waals surface area contributed by atoms with Gasteiger partial charge in [0.15, 0.2) is 0 Å². The zero-order valence-electron chi connectivity index (χ0n) is 16.0. The van der Waals surface area contributed by atoms with Crippen LogP contribution in [0.3, 0.4) is 0 Å². The van der Waals surface area contributed by atoms with Gasteiger partial charge < -0.3 is 10.1 Å². The number of rotatable bonds is 2. The number of aromatic amines is 1. The first-order valence-electron chi connectivity index (χ1n) is 9.77. The molecule has 0 saturated heterocycles. The number of nitrogens with one attached hydrogen (secondary N) is 1. The van der Waals surface area contributed by atoms with Crippen LogP contribution in [0.25, 0.3) is 10.9 Å². The van der Waals surface area contributed by atoms with E-state index in [2.05, 4.69) is 69.2 Å². The molecule has 1 aromatic heterocycles. The second kappa shape index (κ2) is 5.74. The number of allylic oxidation sites excluding steroid dienone is 1.